The van der Waals surface area contributed by atoms with Crippen LogP contribution in [-0.4, -0.2) is 37.5 Å². The first-order valence-corrected chi connectivity index (χ1v) is 10.1. The number of nitrogens with two attached hydrogens (primary N) is 1. The zero-order valence-corrected chi connectivity index (χ0v) is 14.8. The van der Waals surface area contributed by atoms with E-state index in [1.807, 2.05) is 6.26 Å². The van der Waals surface area contributed by atoms with Crippen LogP contribution in [0.3, 0.4) is 0 Å². The number of hydrogen-bond acceptors (Lipinski definition) is 7. The molecule has 0 aliphatic carbocycles. The number of carboxylic acid groups (broad SMARTS) is 1. The molecule has 0 unspecified atom stereocenters. The predicted octanol–water partition coefficient (Wildman–Crippen LogP) is 1.65. The number of nitrogens with one attached hydrogen (secondary N) is 1. The molecule has 0 fully saturated rings. The van der Waals surface area contributed by atoms with Crippen LogP contribution in [0.2, 0.25) is 0 Å². The summed E-state index contributed by atoms with van der Waals surface area (Å²) in [4.78, 5) is 16.1. The minimum Gasteiger partial charge on any atom is -0.480 e. The van der Waals surface area contributed by atoms with E-state index >= 15 is 0 Å². The SMILES string of the molecule is C=C(/C=C\ON)c1ccc(S(=O)(=O)N[C@H](CCSC)C(=O)O)s1. The van der Waals surface area contributed by atoms with Gasteiger partial charge >= 0.3 is 5.97 Å². The summed E-state index contributed by atoms with van der Waals surface area (Å²) in [6.07, 6.45) is 4.74. The van der Waals surface area contributed by atoms with Crippen LogP contribution in [-0.2, 0) is 19.7 Å². The molecule has 1 aromatic heterocycles. The highest BCUT2D eigenvalue weighted by Gasteiger charge is 2.26. The van der Waals surface area contributed by atoms with Crippen molar-refractivity contribution in [3.8, 4) is 0 Å². The van der Waals surface area contributed by atoms with Gasteiger partial charge in [-0.1, -0.05) is 6.58 Å². The normalized spacial score (nSPS) is 13.1. The van der Waals surface area contributed by atoms with Gasteiger partial charge in [-0.2, -0.15) is 22.4 Å². The smallest absolute Gasteiger partial charge is 0.321 e. The van der Waals surface area contributed by atoms with Gasteiger partial charge in [0.25, 0.3) is 10.0 Å². The molecule has 4 N–H and O–H groups in total. The van der Waals surface area contributed by atoms with Gasteiger partial charge in [0.1, 0.15) is 16.5 Å². The summed E-state index contributed by atoms with van der Waals surface area (Å²) in [5, 5.41) is 9.12. The maximum Gasteiger partial charge on any atom is 0.321 e. The van der Waals surface area contributed by atoms with Crippen molar-refractivity contribution in [1.29, 1.82) is 0 Å². The molecule has 0 radical (unpaired) electrons. The summed E-state index contributed by atoms with van der Waals surface area (Å²) in [6.45, 7) is 3.76. The highest BCUT2D eigenvalue weighted by Crippen LogP contribution is 2.27. The Morgan fingerprint density at radius 1 is 1.61 bits per heavy atom. The molecule has 128 valence electrons. The zero-order chi connectivity index (χ0) is 17.5. The first kappa shape index (κ1) is 19.7. The van der Waals surface area contributed by atoms with Gasteiger partial charge in [-0.3, -0.25) is 4.79 Å². The van der Waals surface area contributed by atoms with Crippen LogP contribution in [0.4, 0.5) is 0 Å². The number of rotatable bonds is 10. The Kier molecular flexibility index (Phi) is 7.79. The molecule has 1 atom stereocenters. The lowest BCUT2D eigenvalue weighted by Crippen LogP contribution is -2.40. The summed E-state index contributed by atoms with van der Waals surface area (Å²) in [6, 6.07) is 1.82. The summed E-state index contributed by atoms with van der Waals surface area (Å²) < 4.78 is 26.8. The third-order valence-corrected chi connectivity index (χ3v) is 6.48. The van der Waals surface area contributed by atoms with Crippen molar-refractivity contribution in [3.05, 3.63) is 35.9 Å². The molecular formula is C13H18N2O5S3. The molecule has 0 aliphatic heterocycles. The van der Waals surface area contributed by atoms with Crippen LogP contribution in [0.25, 0.3) is 5.57 Å². The first-order valence-electron chi connectivity index (χ1n) is 6.37. The summed E-state index contributed by atoms with van der Waals surface area (Å²) in [5.41, 5.74) is 0.527. The lowest BCUT2D eigenvalue weighted by molar-refractivity contribution is -0.139. The van der Waals surface area contributed by atoms with Gasteiger partial charge in [-0.25, -0.2) is 8.42 Å². The van der Waals surface area contributed by atoms with Crippen molar-refractivity contribution in [1.82, 2.24) is 4.72 Å². The maximum absolute atomic E-state index is 12.3. The Hall–Kier alpha value is -1.33. The van der Waals surface area contributed by atoms with Crippen molar-refractivity contribution < 1.29 is 23.2 Å². The van der Waals surface area contributed by atoms with E-state index in [9.17, 15) is 13.2 Å². The maximum atomic E-state index is 12.3. The standard InChI is InChI=1S/C13H18N2O5S3/c1-9(5-7-20-14)11-3-4-12(22-11)23(18,19)15-10(13(16)17)6-8-21-2/h3-5,7,10,15H,1,6,8,14H2,2H3,(H,16,17)/b7-5-/t10-/m1/s1. The zero-order valence-electron chi connectivity index (χ0n) is 12.4. The van der Waals surface area contributed by atoms with Gasteiger partial charge < -0.3 is 9.94 Å². The van der Waals surface area contributed by atoms with Gasteiger partial charge in [0, 0.05) is 4.88 Å². The highest BCUT2D eigenvalue weighted by atomic mass is 32.2. The lowest BCUT2D eigenvalue weighted by atomic mass is 10.2. The Balaban J connectivity index is 2.91. The second kappa shape index (κ2) is 9.08. The summed E-state index contributed by atoms with van der Waals surface area (Å²) >= 11 is 2.43. The molecule has 0 aromatic carbocycles. The average Bonchev–Trinajstić information content (AvgIpc) is 2.99. The quantitative estimate of drug-likeness (QED) is 0.322. The average molecular weight is 378 g/mol. The van der Waals surface area contributed by atoms with E-state index in [0.29, 0.717) is 16.2 Å². The third-order valence-electron chi connectivity index (χ3n) is 2.72. The molecule has 0 saturated heterocycles. The molecule has 1 rings (SSSR count). The Morgan fingerprint density at radius 3 is 2.87 bits per heavy atom. The number of sulfonamides is 1. The van der Waals surface area contributed by atoms with Crippen molar-refractivity contribution >= 4 is 44.7 Å². The Morgan fingerprint density at radius 2 is 2.30 bits per heavy atom. The van der Waals surface area contributed by atoms with Gasteiger partial charge in [0.05, 0.1) is 0 Å². The van der Waals surface area contributed by atoms with Crippen molar-refractivity contribution in [2.45, 2.75) is 16.7 Å². The van der Waals surface area contributed by atoms with Crippen LogP contribution in [0, 0.1) is 0 Å². The van der Waals surface area contributed by atoms with Crippen LogP contribution in [0.1, 0.15) is 11.3 Å². The molecule has 0 aliphatic rings. The van der Waals surface area contributed by atoms with E-state index in [2.05, 4.69) is 16.1 Å². The number of thiophene rings is 1. The minimum atomic E-state index is -3.91. The van der Waals surface area contributed by atoms with E-state index < -0.39 is 22.0 Å². The van der Waals surface area contributed by atoms with Crippen molar-refractivity contribution in [2.24, 2.45) is 5.90 Å². The van der Waals surface area contributed by atoms with Crippen LogP contribution >= 0.6 is 23.1 Å². The molecule has 0 spiro atoms. The molecular weight excluding hydrogens is 360 g/mol. The number of hydrogen-bond donors (Lipinski definition) is 3. The molecule has 23 heavy (non-hydrogen) atoms. The summed E-state index contributed by atoms with van der Waals surface area (Å²) in [5.74, 6) is 4.20. The van der Waals surface area contributed by atoms with E-state index in [0.717, 1.165) is 11.3 Å². The number of carboxylic acids is 1. The largest absolute Gasteiger partial charge is 0.480 e. The van der Waals surface area contributed by atoms with Crippen LogP contribution in [0.5, 0.6) is 0 Å². The second-order valence-electron chi connectivity index (χ2n) is 4.38. The van der Waals surface area contributed by atoms with Gasteiger partial charge in [0.2, 0.25) is 0 Å². The third kappa shape index (κ3) is 5.99. The molecule has 7 nitrogen and oxygen atoms in total. The second-order valence-corrected chi connectivity index (χ2v) is 8.39. The number of allylic oxidation sites excluding steroid dienone is 2. The number of thioether (sulfide) groups is 1. The Bertz CT molecular complexity index is 682. The van der Waals surface area contributed by atoms with Crippen LogP contribution in [0.15, 0.2) is 35.3 Å². The fourth-order valence-electron chi connectivity index (χ4n) is 1.55. The van der Waals surface area contributed by atoms with Crippen LogP contribution < -0.4 is 10.6 Å². The molecule has 0 amide bonds. The van der Waals surface area contributed by atoms with E-state index in [-0.39, 0.29) is 10.6 Å². The van der Waals surface area contributed by atoms with E-state index in [1.165, 1.54) is 30.2 Å². The van der Waals surface area contributed by atoms with Gasteiger partial charge in [0.15, 0.2) is 0 Å². The lowest BCUT2D eigenvalue weighted by Gasteiger charge is -2.13. The monoisotopic (exact) mass is 378 g/mol. The summed E-state index contributed by atoms with van der Waals surface area (Å²) in [7, 11) is -3.91. The van der Waals surface area contributed by atoms with Gasteiger partial charge in [-0.15, -0.1) is 11.3 Å². The minimum absolute atomic E-state index is 0.0196. The molecule has 1 heterocycles. The number of aliphatic carboxylic acids is 1. The fraction of sp³-hybridized carbons (Fsp3) is 0.308. The topological polar surface area (TPSA) is 119 Å². The molecule has 1 aromatic rings. The first-order chi connectivity index (χ1) is 10.8. The van der Waals surface area contributed by atoms with Crippen molar-refractivity contribution in [2.75, 3.05) is 12.0 Å². The highest BCUT2D eigenvalue weighted by molar-refractivity contribution is 7.98. The molecule has 10 heteroatoms. The molecule has 0 saturated carbocycles. The van der Waals surface area contributed by atoms with Crippen molar-refractivity contribution in [3.63, 3.8) is 0 Å². The van der Waals surface area contributed by atoms with E-state index in [1.54, 1.807) is 6.07 Å². The number of carbonyl (C=O) groups is 1. The molecule has 0 bridgehead atoms. The fourth-order valence-corrected chi connectivity index (χ4v) is 4.52. The van der Waals surface area contributed by atoms with E-state index in [4.69, 9.17) is 11.0 Å². The Labute approximate surface area is 143 Å². The van der Waals surface area contributed by atoms with Gasteiger partial charge in [-0.05, 0) is 42.2 Å². The predicted molar refractivity (Wildman–Crippen MR) is 92.5 cm³/mol.